The van der Waals surface area contributed by atoms with Crippen LogP contribution >= 0.6 is 0 Å². The van der Waals surface area contributed by atoms with E-state index >= 15 is 0 Å². The third kappa shape index (κ3) is 4.98. The summed E-state index contributed by atoms with van der Waals surface area (Å²) in [6.07, 6.45) is 3.59. The van der Waals surface area contributed by atoms with Crippen molar-refractivity contribution in [2.75, 3.05) is 6.54 Å². The molecule has 12 aromatic rings. The normalized spacial score (nSPS) is 14.3. The zero-order valence-electron chi connectivity index (χ0n) is 33.4. The summed E-state index contributed by atoms with van der Waals surface area (Å²) in [5.41, 5.74) is 18.1. The number of nitrogens with two attached hydrogens (primary N) is 1. The molecule has 0 amide bonds. The Balaban J connectivity index is 0.968. The van der Waals surface area contributed by atoms with Gasteiger partial charge in [-0.05, 0) is 72.8 Å². The quantitative estimate of drug-likeness (QED) is 0.189. The summed E-state index contributed by atoms with van der Waals surface area (Å²) in [4.78, 5) is 14.9. The lowest BCUT2D eigenvalue weighted by molar-refractivity contribution is 1.15. The molecule has 0 spiro atoms. The fraction of sp³-hybridized carbons (Fsp3) is 0.0185. The first-order valence-electron chi connectivity index (χ1n) is 20.8. The van der Waals surface area contributed by atoms with Crippen LogP contribution in [0, 0.1) is 0 Å². The molecular formula is C54H36N8. The van der Waals surface area contributed by atoms with Crippen molar-refractivity contribution in [3.05, 3.63) is 188 Å². The van der Waals surface area contributed by atoms with E-state index in [2.05, 4.69) is 200 Å². The number of hydrogen-bond acceptors (Lipinski definition) is 3. The average Bonchev–Trinajstić information content (AvgIpc) is 4.04. The zero-order valence-corrected chi connectivity index (χ0v) is 33.4. The fourth-order valence-corrected chi connectivity index (χ4v) is 9.88. The van der Waals surface area contributed by atoms with Crippen LogP contribution in [0.1, 0.15) is 0 Å². The van der Waals surface area contributed by atoms with Crippen LogP contribution < -0.4 is 5.73 Å². The molecule has 0 aliphatic carbocycles. The highest BCUT2D eigenvalue weighted by atomic mass is 15.1. The van der Waals surface area contributed by atoms with Gasteiger partial charge in [-0.3, -0.25) is 14.1 Å². The number of fused-ring (bicyclic) bond motifs is 12. The Morgan fingerprint density at radius 1 is 0.435 bits per heavy atom. The number of aliphatic imine (C=N–C) groups is 3. The summed E-state index contributed by atoms with van der Waals surface area (Å²) in [7, 11) is 0. The maximum Gasteiger partial charge on any atom is 0.157 e. The van der Waals surface area contributed by atoms with Gasteiger partial charge in [0.15, 0.2) is 11.7 Å². The first-order valence-corrected chi connectivity index (χ1v) is 20.8. The number of nitrogens with zero attached hydrogens (tertiary/aromatic N) is 7. The van der Waals surface area contributed by atoms with Gasteiger partial charge in [0.25, 0.3) is 0 Å². The molecular weight excluding hydrogens is 761 g/mol. The number of aromatic nitrogens is 4. The molecule has 4 aromatic heterocycles. The molecule has 8 nitrogen and oxygen atoms in total. The fourth-order valence-electron chi connectivity index (χ4n) is 9.88. The van der Waals surface area contributed by atoms with Gasteiger partial charge in [-0.25, -0.2) is 9.98 Å². The first kappa shape index (κ1) is 34.4. The molecule has 8 aromatic carbocycles. The highest BCUT2D eigenvalue weighted by Gasteiger charge is 2.22. The molecule has 1 aliphatic rings. The summed E-state index contributed by atoms with van der Waals surface area (Å²) in [6, 6.07) is 64.5. The monoisotopic (exact) mass is 796 g/mol. The predicted molar refractivity (Wildman–Crippen MR) is 260 cm³/mol. The summed E-state index contributed by atoms with van der Waals surface area (Å²) < 4.78 is 9.04. The van der Waals surface area contributed by atoms with E-state index in [0.29, 0.717) is 24.0 Å². The van der Waals surface area contributed by atoms with Gasteiger partial charge in [-0.2, -0.15) is 0 Å². The third-order valence-corrected chi connectivity index (χ3v) is 12.5. The van der Waals surface area contributed by atoms with E-state index in [1.807, 2.05) is 6.21 Å². The van der Waals surface area contributed by atoms with Crippen LogP contribution in [0.5, 0.6) is 0 Å². The Kier molecular flexibility index (Phi) is 7.35. The number of amidine groups is 1. The second kappa shape index (κ2) is 13.3. The molecule has 5 heterocycles. The summed E-state index contributed by atoms with van der Waals surface area (Å²) >= 11 is 0. The van der Waals surface area contributed by atoms with E-state index in [-0.39, 0.29) is 0 Å². The minimum absolute atomic E-state index is 0.339. The van der Waals surface area contributed by atoms with Crippen molar-refractivity contribution in [3.63, 3.8) is 0 Å². The van der Waals surface area contributed by atoms with E-state index in [4.69, 9.17) is 20.7 Å². The van der Waals surface area contributed by atoms with Crippen LogP contribution in [-0.4, -0.2) is 42.7 Å². The SMILES string of the molecule is N/C(=C\N=C1CN=CC(n2c3ccccc3c3cc4c(cc32)c2ccccc2n4-c2ccccc2)=N1)n1c2ccccc2c2cc3c(cc21)c1ccccc1n3-c1ccccc1. The highest BCUT2D eigenvalue weighted by Crippen LogP contribution is 2.40. The molecule has 62 heavy (non-hydrogen) atoms. The van der Waals surface area contributed by atoms with Crippen LogP contribution in [0.25, 0.3) is 104 Å². The molecule has 2 N–H and O–H groups in total. The molecule has 1 aliphatic heterocycles. The van der Waals surface area contributed by atoms with Gasteiger partial charge < -0.3 is 14.9 Å². The lowest BCUT2D eigenvalue weighted by Gasteiger charge is -2.12. The molecule has 292 valence electrons. The number of hydrogen-bond donors (Lipinski definition) is 1. The number of rotatable bonds is 4. The Labute approximate surface area is 354 Å². The van der Waals surface area contributed by atoms with Crippen molar-refractivity contribution in [2.24, 2.45) is 20.7 Å². The van der Waals surface area contributed by atoms with Crippen LogP contribution in [-0.2, 0) is 0 Å². The molecule has 0 unspecified atom stereocenters. The first-order chi connectivity index (χ1) is 30.7. The van der Waals surface area contributed by atoms with Crippen molar-refractivity contribution in [1.29, 1.82) is 0 Å². The molecule has 0 saturated heterocycles. The summed E-state index contributed by atoms with van der Waals surface area (Å²) in [5.74, 6) is 1.77. The van der Waals surface area contributed by atoms with Gasteiger partial charge in [0.1, 0.15) is 5.82 Å². The largest absolute Gasteiger partial charge is 0.384 e. The minimum Gasteiger partial charge on any atom is -0.384 e. The van der Waals surface area contributed by atoms with Crippen molar-refractivity contribution < 1.29 is 0 Å². The van der Waals surface area contributed by atoms with E-state index in [0.717, 1.165) is 76.9 Å². The van der Waals surface area contributed by atoms with E-state index in [1.165, 1.54) is 21.7 Å². The lowest BCUT2D eigenvalue weighted by Crippen LogP contribution is -2.21. The van der Waals surface area contributed by atoms with Crippen LogP contribution in [0.3, 0.4) is 0 Å². The second-order valence-electron chi connectivity index (χ2n) is 15.9. The van der Waals surface area contributed by atoms with Crippen LogP contribution in [0.4, 0.5) is 0 Å². The molecule has 13 rings (SSSR count). The maximum atomic E-state index is 7.08. The van der Waals surface area contributed by atoms with E-state index in [1.54, 1.807) is 6.20 Å². The average molecular weight is 797 g/mol. The van der Waals surface area contributed by atoms with Crippen molar-refractivity contribution in [1.82, 2.24) is 18.3 Å². The van der Waals surface area contributed by atoms with Crippen molar-refractivity contribution in [3.8, 4) is 11.4 Å². The summed E-state index contributed by atoms with van der Waals surface area (Å²) in [6.45, 7) is 0.339. The van der Waals surface area contributed by atoms with E-state index < -0.39 is 0 Å². The Hall–Kier alpha value is -8.49. The second-order valence-corrected chi connectivity index (χ2v) is 15.9. The standard InChI is InChI=1S/C54H36N8/c55-52(61-46-25-13-9-21-38(46)42-27-48-40(29-50(42)61)36-19-7-11-23-44(36)59(48)34-15-3-1-4-16-34)31-57-53-32-56-33-54(58-53)62-47-26-14-10-22-39(47)43-28-49-41(30-51(43)62)37-20-8-12-24-45(37)60(49)35-17-5-2-6-18-35/h1-31,33H,32,55H2/b52-31+,57-53?. The van der Waals surface area contributed by atoms with Gasteiger partial charge in [0.2, 0.25) is 0 Å². The Bertz CT molecular complexity index is 3950. The minimum atomic E-state index is 0.339. The Morgan fingerprint density at radius 3 is 1.37 bits per heavy atom. The number of benzene rings is 8. The topological polar surface area (TPSA) is 82.8 Å². The maximum absolute atomic E-state index is 7.08. The van der Waals surface area contributed by atoms with Gasteiger partial charge >= 0.3 is 0 Å². The molecule has 0 atom stereocenters. The smallest absolute Gasteiger partial charge is 0.157 e. The molecule has 0 radical (unpaired) electrons. The van der Waals surface area contributed by atoms with Crippen LogP contribution in [0.2, 0.25) is 0 Å². The van der Waals surface area contributed by atoms with Crippen molar-refractivity contribution >= 4 is 111 Å². The van der Waals surface area contributed by atoms with Gasteiger partial charge in [0, 0.05) is 54.5 Å². The molecule has 0 fully saturated rings. The predicted octanol–water partition coefficient (Wildman–Crippen LogP) is 12.2. The van der Waals surface area contributed by atoms with E-state index in [9.17, 15) is 0 Å². The third-order valence-electron chi connectivity index (χ3n) is 12.5. The van der Waals surface area contributed by atoms with Crippen molar-refractivity contribution in [2.45, 2.75) is 0 Å². The summed E-state index contributed by atoms with van der Waals surface area (Å²) in [5, 5.41) is 9.23. The number of para-hydroxylation sites is 6. The molecule has 0 saturated carbocycles. The van der Waals surface area contributed by atoms with Gasteiger partial charge in [-0.1, -0.05) is 109 Å². The van der Waals surface area contributed by atoms with Gasteiger partial charge in [0.05, 0.1) is 63.1 Å². The molecule has 8 heteroatoms. The molecule has 0 bridgehead atoms. The Morgan fingerprint density at radius 2 is 0.839 bits per heavy atom. The highest BCUT2D eigenvalue weighted by molar-refractivity contribution is 6.38. The zero-order chi connectivity index (χ0) is 40.9. The van der Waals surface area contributed by atoms with Gasteiger partial charge in [-0.15, -0.1) is 0 Å². The lowest BCUT2D eigenvalue weighted by atomic mass is 10.1. The van der Waals surface area contributed by atoms with Crippen LogP contribution in [0.15, 0.2) is 203 Å².